The molecular weight excluding hydrogens is 306 g/mol. The van der Waals surface area contributed by atoms with Crippen molar-refractivity contribution in [1.82, 2.24) is 4.98 Å². The molecule has 0 atom stereocenters. The number of aromatic amines is 1. The highest BCUT2D eigenvalue weighted by Crippen LogP contribution is 2.29. The zero-order chi connectivity index (χ0) is 16.9. The molecule has 0 saturated heterocycles. The second-order valence-electron chi connectivity index (χ2n) is 5.52. The van der Waals surface area contributed by atoms with Crippen LogP contribution in [0.4, 0.5) is 0 Å². The van der Waals surface area contributed by atoms with Crippen LogP contribution in [-0.4, -0.2) is 24.2 Å². The molecule has 5 nitrogen and oxygen atoms in total. The minimum atomic E-state index is -0.376. The van der Waals surface area contributed by atoms with E-state index >= 15 is 0 Å². The molecule has 1 aromatic carbocycles. The number of fused-ring (bicyclic) bond motifs is 1. The van der Waals surface area contributed by atoms with E-state index in [1.165, 1.54) is 0 Å². The van der Waals surface area contributed by atoms with Gasteiger partial charge in [-0.25, -0.2) is 4.79 Å². The Balaban J connectivity index is 1.75. The normalized spacial score (nSPS) is 10.9. The minimum Gasteiger partial charge on any atom is -0.494 e. The summed E-state index contributed by atoms with van der Waals surface area (Å²) in [6.07, 6.45) is 2.16. The summed E-state index contributed by atoms with van der Waals surface area (Å²) in [6, 6.07) is 11.3. The van der Waals surface area contributed by atoms with Gasteiger partial charge in [0.15, 0.2) is 5.58 Å². The summed E-state index contributed by atoms with van der Waals surface area (Å²) < 4.78 is 16.4. The van der Waals surface area contributed by atoms with Crippen molar-refractivity contribution >= 4 is 17.1 Å². The standard InChI is InChI=1S/C19H21NO4/c1-3-5-10-23-14-8-6-13(7-9-14)17-11-15-18(24-17)12-16(20-15)19(21)22-4-2/h6-9,11-12,20H,3-5,10H2,1-2H3. The molecule has 0 bridgehead atoms. The van der Waals surface area contributed by atoms with Crippen LogP contribution in [0.2, 0.25) is 0 Å². The first-order valence-electron chi connectivity index (χ1n) is 8.24. The number of aromatic nitrogens is 1. The fraction of sp³-hybridized carbons (Fsp3) is 0.316. The number of unbranched alkanes of at least 4 members (excludes halogenated alkanes) is 1. The van der Waals surface area contributed by atoms with Gasteiger partial charge in [-0.05, 0) is 37.6 Å². The molecular formula is C19H21NO4. The van der Waals surface area contributed by atoms with Gasteiger partial charge in [0.2, 0.25) is 0 Å². The third-order valence-corrected chi connectivity index (χ3v) is 3.71. The van der Waals surface area contributed by atoms with Gasteiger partial charge in [0.05, 0.1) is 18.7 Å². The first-order chi connectivity index (χ1) is 11.7. The number of benzene rings is 1. The van der Waals surface area contributed by atoms with Gasteiger partial charge < -0.3 is 18.9 Å². The number of nitrogens with one attached hydrogen (secondary N) is 1. The van der Waals surface area contributed by atoms with Gasteiger partial charge in [0.25, 0.3) is 0 Å². The molecule has 3 aromatic rings. The van der Waals surface area contributed by atoms with Crippen molar-refractivity contribution in [2.24, 2.45) is 0 Å². The van der Waals surface area contributed by atoms with Crippen LogP contribution in [0, 0.1) is 0 Å². The molecule has 0 unspecified atom stereocenters. The number of furan rings is 1. The summed E-state index contributed by atoms with van der Waals surface area (Å²) in [5, 5.41) is 0. The summed E-state index contributed by atoms with van der Waals surface area (Å²) in [5.74, 6) is 1.22. The van der Waals surface area contributed by atoms with E-state index in [-0.39, 0.29) is 5.97 Å². The number of H-pyrrole nitrogens is 1. The SMILES string of the molecule is CCCCOc1ccc(-c2cc3[nH]c(C(=O)OCC)cc3o2)cc1. The second-order valence-corrected chi connectivity index (χ2v) is 5.52. The Bertz CT molecular complexity index is 782. The Hall–Kier alpha value is -2.69. The molecule has 2 heterocycles. The van der Waals surface area contributed by atoms with Crippen molar-refractivity contribution < 1.29 is 18.7 Å². The Morgan fingerprint density at radius 3 is 2.62 bits per heavy atom. The number of ether oxygens (including phenoxy) is 2. The van der Waals surface area contributed by atoms with E-state index < -0.39 is 0 Å². The van der Waals surface area contributed by atoms with Gasteiger partial charge in [-0.2, -0.15) is 0 Å². The number of hydrogen-bond acceptors (Lipinski definition) is 4. The molecule has 24 heavy (non-hydrogen) atoms. The van der Waals surface area contributed by atoms with Crippen molar-refractivity contribution in [3.63, 3.8) is 0 Å². The van der Waals surface area contributed by atoms with Crippen molar-refractivity contribution in [1.29, 1.82) is 0 Å². The Kier molecular flexibility index (Phi) is 4.89. The topological polar surface area (TPSA) is 64.5 Å². The van der Waals surface area contributed by atoms with E-state index in [1.807, 2.05) is 30.3 Å². The van der Waals surface area contributed by atoms with E-state index in [0.717, 1.165) is 42.0 Å². The van der Waals surface area contributed by atoms with E-state index in [2.05, 4.69) is 11.9 Å². The van der Waals surface area contributed by atoms with Crippen LogP contribution in [0.5, 0.6) is 5.75 Å². The zero-order valence-electron chi connectivity index (χ0n) is 13.9. The number of esters is 1. The zero-order valence-corrected chi connectivity index (χ0v) is 13.9. The van der Waals surface area contributed by atoms with Crippen LogP contribution < -0.4 is 4.74 Å². The highest BCUT2D eigenvalue weighted by atomic mass is 16.5. The monoisotopic (exact) mass is 327 g/mol. The molecule has 0 fully saturated rings. The van der Waals surface area contributed by atoms with Crippen LogP contribution in [0.1, 0.15) is 37.2 Å². The third-order valence-electron chi connectivity index (χ3n) is 3.71. The number of hydrogen-bond donors (Lipinski definition) is 1. The lowest BCUT2D eigenvalue weighted by molar-refractivity contribution is 0.0520. The van der Waals surface area contributed by atoms with Gasteiger partial charge in [-0.3, -0.25) is 0 Å². The molecule has 1 N–H and O–H groups in total. The minimum absolute atomic E-state index is 0.344. The molecule has 2 aromatic heterocycles. The summed E-state index contributed by atoms with van der Waals surface area (Å²) >= 11 is 0. The average Bonchev–Trinajstić information content (AvgIpc) is 3.15. The summed E-state index contributed by atoms with van der Waals surface area (Å²) in [4.78, 5) is 14.7. The van der Waals surface area contributed by atoms with E-state index in [9.17, 15) is 4.79 Å². The van der Waals surface area contributed by atoms with Crippen LogP contribution in [-0.2, 0) is 4.74 Å². The van der Waals surface area contributed by atoms with Gasteiger partial charge in [0.1, 0.15) is 17.2 Å². The molecule has 0 spiro atoms. The lowest BCUT2D eigenvalue weighted by Crippen LogP contribution is -2.04. The highest BCUT2D eigenvalue weighted by molar-refractivity contribution is 5.94. The molecule has 126 valence electrons. The summed E-state index contributed by atoms with van der Waals surface area (Å²) in [5.41, 5.74) is 2.77. The molecule has 5 heteroatoms. The van der Waals surface area contributed by atoms with Crippen molar-refractivity contribution in [2.45, 2.75) is 26.7 Å². The van der Waals surface area contributed by atoms with Crippen LogP contribution in [0.25, 0.3) is 22.4 Å². The Morgan fingerprint density at radius 2 is 1.96 bits per heavy atom. The molecule has 3 rings (SSSR count). The van der Waals surface area contributed by atoms with Crippen molar-refractivity contribution in [2.75, 3.05) is 13.2 Å². The first kappa shape index (κ1) is 16.2. The second kappa shape index (κ2) is 7.25. The van der Waals surface area contributed by atoms with E-state index in [4.69, 9.17) is 13.9 Å². The average molecular weight is 327 g/mol. The molecule has 0 amide bonds. The molecule has 0 aliphatic carbocycles. The fourth-order valence-electron chi connectivity index (χ4n) is 2.43. The van der Waals surface area contributed by atoms with Gasteiger partial charge in [-0.15, -0.1) is 0 Å². The molecule has 0 aliphatic heterocycles. The van der Waals surface area contributed by atoms with Crippen molar-refractivity contribution in [3.8, 4) is 17.1 Å². The third kappa shape index (κ3) is 3.45. The molecule has 0 radical (unpaired) electrons. The van der Waals surface area contributed by atoms with Crippen LogP contribution in [0.15, 0.2) is 40.8 Å². The van der Waals surface area contributed by atoms with Crippen LogP contribution in [0.3, 0.4) is 0 Å². The summed E-state index contributed by atoms with van der Waals surface area (Å²) in [7, 11) is 0. The maximum absolute atomic E-state index is 11.7. The van der Waals surface area contributed by atoms with Crippen LogP contribution >= 0.6 is 0 Å². The van der Waals surface area contributed by atoms with E-state index in [1.54, 1.807) is 13.0 Å². The lowest BCUT2D eigenvalue weighted by Gasteiger charge is -2.05. The first-order valence-corrected chi connectivity index (χ1v) is 8.24. The number of carbonyl (C=O) groups excluding carboxylic acids is 1. The Labute approximate surface area is 140 Å². The lowest BCUT2D eigenvalue weighted by atomic mass is 10.1. The predicted molar refractivity (Wildman–Crippen MR) is 92.4 cm³/mol. The predicted octanol–water partition coefficient (Wildman–Crippen LogP) is 4.78. The van der Waals surface area contributed by atoms with Gasteiger partial charge in [-0.1, -0.05) is 13.3 Å². The van der Waals surface area contributed by atoms with Gasteiger partial charge >= 0.3 is 5.97 Å². The smallest absolute Gasteiger partial charge is 0.354 e. The van der Waals surface area contributed by atoms with E-state index in [0.29, 0.717) is 17.9 Å². The maximum atomic E-state index is 11.7. The maximum Gasteiger partial charge on any atom is 0.354 e. The van der Waals surface area contributed by atoms with Crippen molar-refractivity contribution in [3.05, 3.63) is 42.1 Å². The highest BCUT2D eigenvalue weighted by Gasteiger charge is 2.14. The summed E-state index contributed by atoms with van der Waals surface area (Å²) in [6.45, 7) is 4.99. The number of rotatable bonds is 7. The molecule has 0 saturated carbocycles. The number of carbonyl (C=O) groups is 1. The van der Waals surface area contributed by atoms with Gasteiger partial charge in [0, 0.05) is 17.7 Å². The fourth-order valence-corrected chi connectivity index (χ4v) is 2.43. The quantitative estimate of drug-likeness (QED) is 0.501. The largest absolute Gasteiger partial charge is 0.494 e. The molecule has 0 aliphatic rings. The Morgan fingerprint density at radius 1 is 1.17 bits per heavy atom.